The number of amides is 1. The molecule has 0 saturated carbocycles. The molecular formula is C19H20N6O. The van der Waals surface area contributed by atoms with E-state index >= 15 is 0 Å². The number of aromatic nitrogens is 4. The largest absolute Gasteiger partial charge is 0.349 e. The number of hydrogen-bond acceptors (Lipinski definition) is 6. The van der Waals surface area contributed by atoms with Gasteiger partial charge >= 0.3 is 0 Å². The highest BCUT2D eigenvalue weighted by Crippen LogP contribution is 2.06. The summed E-state index contributed by atoms with van der Waals surface area (Å²) in [6, 6.07) is 9.61. The predicted octanol–water partition coefficient (Wildman–Crippen LogP) is 2.19. The molecule has 0 aliphatic heterocycles. The maximum Gasteiger partial charge on any atom is 0.256 e. The monoisotopic (exact) mass is 348 g/mol. The lowest BCUT2D eigenvalue weighted by Crippen LogP contribution is -2.29. The van der Waals surface area contributed by atoms with Crippen LogP contribution in [0.2, 0.25) is 0 Å². The molecule has 26 heavy (non-hydrogen) atoms. The van der Waals surface area contributed by atoms with E-state index in [9.17, 15) is 4.79 Å². The lowest BCUT2D eigenvalue weighted by molar-refractivity contribution is 0.0796. The number of carbonyl (C=O) groups is 1. The van der Waals surface area contributed by atoms with Crippen LogP contribution in [-0.4, -0.2) is 44.3 Å². The molecule has 3 aromatic rings. The summed E-state index contributed by atoms with van der Waals surface area (Å²) >= 11 is 0. The standard InChI is InChI=1S/C19H20N6O/c1-25(11-7-15-5-9-20-10-6-15)18(26)16-12-22-19(23-13-16)24-14-17-4-2-3-8-21-17/h2-6,8-10,12-13H,7,11,14H2,1H3,(H,22,23,24). The zero-order chi connectivity index (χ0) is 18.2. The van der Waals surface area contributed by atoms with Gasteiger partial charge in [-0.25, -0.2) is 9.97 Å². The van der Waals surface area contributed by atoms with Gasteiger partial charge in [0.05, 0.1) is 17.8 Å². The first-order chi connectivity index (χ1) is 12.7. The van der Waals surface area contributed by atoms with Gasteiger partial charge in [-0.15, -0.1) is 0 Å². The minimum absolute atomic E-state index is 0.102. The summed E-state index contributed by atoms with van der Waals surface area (Å²) in [5.74, 6) is 0.363. The highest BCUT2D eigenvalue weighted by Gasteiger charge is 2.12. The van der Waals surface area contributed by atoms with Crippen LogP contribution in [0.3, 0.4) is 0 Å². The molecule has 3 heterocycles. The van der Waals surface area contributed by atoms with Crippen LogP contribution < -0.4 is 5.32 Å². The zero-order valence-electron chi connectivity index (χ0n) is 14.5. The van der Waals surface area contributed by atoms with E-state index in [-0.39, 0.29) is 5.91 Å². The Hall–Kier alpha value is -3.35. The van der Waals surface area contributed by atoms with Gasteiger partial charge < -0.3 is 10.2 Å². The summed E-state index contributed by atoms with van der Waals surface area (Å²) in [6.45, 7) is 1.14. The van der Waals surface area contributed by atoms with Crippen molar-refractivity contribution in [3.05, 3.63) is 78.1 Å². The molecule has 0 radical (unpaired) electrons. The number of carbonyl (C=O) groups excluding carboxylic acids is 1. The Morgan fingerprint density at radius 1 is 1.04 bits per heavy atom. The topological polar surface area (TPSA) is 83.9 Å². The van der Waals surface area contributed by atoms with Crippen LogP contribution in [0, 0.1) is 0 Å². The number of rotatable bonds is 7. The van der Waals surface area contributed by atoms with E-state index in [0.717, 1.165) is 17.7 Å². The molecule has 132 valence electrons. The molecule has 7 nitrogen and oxygen atoms in total. The maximum absolute atomic E-state index is 12.5. The van der Waals surface area contributed by atoms with E-state index in [1.807, 2.05) is 30.3 Å². The Bertz CT molecular complexity index is 824. The van der Waals surface area contributed by atoms with Crippen molar-refractivity contribution in [3.8, 4) is 0 Å². The SMILES string of the molecule is CN(CCc1ccncc1)C(=O)c1cnc(NCc2ccccn2)nc1. The fourth-order valence-electron chi connectivity index (χ4n) is 2.37. The van der Waals surface area contributed by atoms with Gasteiger partial charge in [0.1, 0.15) is 0 Å². The zero-order valence-corrected chi connectivity index (χ0v) is 14.5. The van der Waals surface area contributed by atoms with E-state index in [4.69, 9.17) is 0 Å². The quantitative estimate of drug-likeness (QED) is 0.705. The number of pyridine rings is 2. The first-order valence-corrected chi connectivity index (χ1v) is 8.32. The van der Waals surface area contributed by atoms with Gasteiger partial charge in [-0.2, -0.15) is 0 Å². The number of nitrogens with zero attached hydrogens (tertiary/aromatic N) is 5. The average Bonchev–Trinajstić information content (AvgIpc) is 2.72. The third-order valence-electron chi connectivity index (χ3n) is 3.88. The normalized spacial score (nSPS) is 10.3. The van der Waals surface area contributed by atoms with Crippen LogP contribution in [0.1, 0.15) is 21.6 Å². The van der Waals surface area contributed by atoms with Crippen molar-refractivity contribution in [1.29, 1.82) is 0 Å². The van der Waals surface area contributed by atoms with Crippen molar-refractivity contribution >= 4 is 11.9 Å². The van der Waals surface area contributed by atoms with Crippen LogP contribution in [-0.2, 0) is 13.0 Å². The lowest BCUT2D eigenvalue weighted by Gasteiger charge is -2.17. The van der Waals surface area contributed by atoms with E-state index < -0.39 is 0 Å². The molecule has 0 fully saturated rings. The van der Waals surface area contributed by atoms with Crippen LogP contribution in [0.25, 0.3) is 0 Å². The number of anilines is 1. The van der Waals surface area contributed by atoms with Crippen molar-refractivity contribution in [2.24, 2.45) is 0 Å². The van der Waals surface area contributed by atoms with Crippen LogP contribution in [0.5, 0.6) is 0 Å². The van der Waals surface area contributed by atoms with Crippen molar-refractivity contribution in [3.63, 3.8) is 0 Å². The van der Waals surface area contributed by atoms with E-state index in [0.29, 0.717) is 24.6 Å². The van der Waals surface area contributed by atoms with Gasteiger partial charge in [0.15, 0.2) is 0 Å². The average molecular weight is 348 g/mol. The summed E-state index contributed by atoms with van der Waals surface area (Å²) in [4.78, 5) is 30.8. The number of likely N-dealkylation sites (N-methyl/N-ethyl adjacent to an activating group) is 1. The molecule has 0 bridgehead atoms. The Balaban J connectivity index is 1.52. The fraction of sp³-hybridized carbons (Fsp3) is 0.211. The molecule has 0 atom stereocenters. The number of hydrogen-bond donors (Lipinski definition) is 1. The third-order valence-corrected chi connectivity index (χ3v) is 3.88. The summed E-state index contributed by atoms with van der Waals surface area (Å²) in [5.41, 5.74) is 2.50. The van der Waals surface area contributed by atoms with Crippen molar-refractivity contribution in [2.45, 2.75) is 13.0 Å². The lowest BCUT2D eigenvalue weighted by atomic mass is 10.2. The Morgan fingerprint density at radius 3 is 2.50 bits per heavy atom. The molecule has 0 aliphatic carbocycles. The van der Waals surface area contributed by atoms with E-state index in [2.05, 4.69) is 25.3 Å². The smallest absolute Gasteiger partial charge is 0.256 e. The summed E-state index contributed by atoms with van der Waals surface area (Å²) in [6.07, 6.45) is 9.10. The molecule has 0 aliphatic rings. The highest BCUT2D eigenvalue weighted by molar-refractivity contribution is 5.93. The van der Waals surface area contributed by atoms with Gasteiger partial charge in [0.25, 0.3) is 5.91 Å². The molecule has 0 spiro atoms. The van der Waals surface area contributed by atoms with Gasteiger partial charge in [0.2, 0.25) is 5.95 Å². The second kappa shape index (κ2) is 8.66. The molecule has 1 N–H and O–H groups in total. The van der Waals surface area contributed by atoms with E-state index in [1.54, 1.807) is 42.9 Å². The second-order valence-electron chi connectivity index (χ2n) is 5.80. The Labute approximate surface area is 152 Å². The molecular weight excluding hydrogens is 328 g/mol. The number of nitrogens with one attached hydrogen (secondary N) is 1. The fourth-order valence-corrected chi connectivity index (χ4v) is 2.37. The molecule has 0 saturated heterocycles. The van der Waals surface area contributed by atoms with Gasteiger partial charge in [-0.3, -0.25) is 14.8 Å². The summed E-state index contributed by atoms with van der Waals surface area (Å²) in [7, 11) is 1.77. The van der Waals surface area contributed by atoms with Gasteiger partial charge in [0, 0.05) is 44.6 Å². The molecule has 1 amide bonds. The van der Waals surface area contributed by atoms with Crippen LogP contribution in [0.15, 0.2) is 61.3 Å². The third kappa shape index (κ3) is 4.83. The van der Waals surface area contributed by atoms with Crippen LogP contribution in [0.4, 0.5) is 5.95 Å². The molecule has 0 aromatic carbocycles. The molecule has 7 heteroatoms. The molecule has 0 unspecified atom stereocenters. The molecule has 3 aromatic heterocycles. The minimum Gasteiger partial charge on any atom is -0.349 e. The van der Waals surface area contributed by atoms with Gasteiger partial charge in [-0.05, 0) is 36.2 Å². The summed E-state index contributed by atoms with van der Waals surface area (Å²) in [5, 5.41) is 3.09. The van der Waals surface area contributed by atoms with E-state index in [1.165, 1.54) is 0 Å². The molecule has 3 rings (SSSR count). The Morgan fingerprint density at radius 2 is 1.81 bits per heavy atom. The first-order valence-electron chi connectivity index (χ1n) is 8.32. The maximum atomic E-state index is 12.5. The predicted molar refractivity (Wildman–Crippen MR) is 98.5 cm³/mol. The van der Waals surface area contributed by atoms with Crippen molar-refractivity contribution in [1.82, 2.24) is 24.8 Å². The second-order valence-corrected chi connectivity index (χ2v) is 5.80. The minimum atomic E-state index is -0.102. The van der Waals surface area contributed by atoms with Crippen molar-refractivity contribution in [2.75, 3.05) is 18.9 Å². The Kier molecular flexibility index (Phi) is 5.82. The van der Waals surface area contributed by atoms with Crippen LogP contribution >= 0.6 is 0 Å². The van der Waals surface area contributed by atoms with Crippen molar-refractivity contribution < 1.29 is 4.79 Å². The van der Waals surface area contributed by atoms with Gasteiger partial charge in [-0.1, -0.05) is 6.07 Å². The highest BCUT2D eigenvalue weighted by atomic mass is 16.2. The first kappa shape index (κ1) is 17.5. The summed E-state index contributed by atoms with van der Waals surface area (Å²) < 4.78 is 0.